The third-order valence-corrected chi connectivity index (χ3v) is 5.59. The van der Waals surface area contributed by atoms with Crippen molar-refractivity contribution in [3.8, 4) is 11.4 Å². The molecule has 1 unspecified atom stereocenters. The van der Waals surface area contributed by atoms with Crippen LogP contribution in [0.5, 0.6) is 0 Å². The quantitative estimate of drug-likeness (QED) is 0.758. The van der Waals surface area contributed by atoms with Crippen molar-refractivity contribution in [3.05, 3.63) is 30.2 Å². The molecule has 0 fully saturated rings. The number of carbonyl (C=O) groups excluding carboxylic acids is 1. The fourth-order valence-electron chi connectivity index (χ4n) is 3.50. The molecule has 1 aliphatic rings. The van der Waals surface area contributed by atoms with Gasteiger partial charge in [-0.05, 0) is 31.9 Å². The Balaban J connectivity index is 2.10. The minimum Gasteiger partial charge on any atom is -0.340 e. The number of fused-ring (bicyclic) bond motifs is 1. The molecule has 10 heteroatoms. The summed E-state index contributed by atoms with van der Waals surface area (Å²) in [5.41, 5.74) is 2.01. The van der Waals surface area contributed by atoms with E-state index in [2.05, 4.69) is 14.7 Å². The molecule has 156 valence electrons. The molecule has 1 amide bonds. The number of pyridine rings is 1. The van der Waals surface area contributed by atoms with Crippen LogP contribution < -0.4 is 14.5 Å². The Labute approximate surface area is 171 Å². The summed E-state index contributed by atoms with van der Waals surface area (Å²) in [5, 5.41) is 0. The van der Waals surface area contributed by atoms with Crippen LogP contribution in [-0.4, -0.2) is 54.7 Å². The highest BCUT2D eigenvalue weighted by Crippen LogP contribution is 2.37. The lowest BCUT2D eigenvalue weighted by Gasteiger charge is -2.42. The van der Waals surface area contributed by atoms with E-state index in [9.17, 15) is 13.2 Å². The van der Waals surface area contributed by atoms with Gasteiger partial charge >= 0.3 is 0 Å². The fourth-order valence-corrected chi connectivity index (χ4v) is 3.92. The molecule has 0 aliphatic carbocycles. The third kappa shape index (κ3) is 4.23. The molecule has 9 nitrogen and oxygen atoms in total. The van der Waals surface area contributed by atoms with Gasteiger partial charge in [-0.1, -0.05) is 6.92 Å². The molecular weight excluding hydrogens is 392 g/mol. The van der Waals surface area contributed by atoms with Crippen LogP contribution in [0.15, 0.2) is 24.7 Å². The number of hydrogen-bond donors (Lipinski definition) is 1. The lowest BCUT2D eigenvalue weighted by atomic mass is 10.0. The molecule has 3 rings (SSSR count). The number of anilines is 2. The van der Waals surface area contributed by atoms with Gasteiger partial charge in [0, 0.05) is 37.6 Å². The van der Waals surface area contributed by atoms with Crippen molar-refractivity contribution in [3.63, 3.8) is 0 Å². The number of rotatable bonds is 6. The third-order valence-electron chi connectivity index (χ3n) is 4.92. The largest absolute Gasteiger partial charge is 0.340 e. The zero-order valence-corrected chi connectivity index (χ0v) is 18.1. The van der Waals surface area contributed by atoms with E-state index in [1.54, 1.807) is 36.6 Å². The Hall–Kier alpha value is -2.59. The number of amides is 1. The van der Waals surface area contributed by atoms with E-state index in [4.69, 9.17) is 4.98 Å². The van der Waals surface area contributed by atoms with Gasteiger partial charge in [-0.15, -0.1) is 0 Å². The molecular formula is C19H26N6O3S. The van der Waals surface area contributed by atoms with E-state index in [1.165, 1.54) is 0 Å². The first-order valence-electron chi connectivity index (χ1n) is 9.44. The topological polar surface area (TPSA) is 108 Å². The molecule has 1 N–H and O–H groups in total. The fraction of sp³-hybridized carbons (Fsp3) is 0.474. The van der Waals surface area contributed by atoms with E-state index >= 15 is 0 Å². The molecule has 29 heavy (non-hydrogen) atoms. The molecule has 0 saturated carbocycles. The summed E-state index contributed by atoms with van der Waals surface area (Å²) in [6.07, 6.45) is 6.63. The van der Waals surface area contributed by atoms with Crippen LogP contribution >= 0.6 is 0 Å². The number of hydrogen-bond acceptors (Lipinski definition) is 7. The van der Waals surface area contributed by atoms with Crippen molar-refractivity contribution in [2.24, 2.45) is 0 Å². The van der Waals surface area contributed by atoms with Crippen LogP contribution in [0.4, 0.5) is 11.5 Å². The summed E-state index contributed by atoms with van der Waals surface area (Å²) in [6, 6.07) is 1.54. The monoisotopic (exact) mass is 418 g/mol. The van der Waals surface area contributed by atoms with Crippen molar-refractivity contribution in [2.75, 3.05) is 23.1 Å². The average molecular weight is 419 g/mol. The van der Waals surface area contributed by atoms with Gasteiger partial charge in [-0.25, -0.2) is 23.1 Å². The molecule has 2 aromatic heterocycles. The van der Waals surface area contributed by atoms with Crippen molar-refractivity contribution in [1.29, 1.82) is 0 Å². The van der Waals surface area contributed by atoms with Gasteiger partial charge in [-0.3, -0.25) is 9.78 Å². The second kappa shape index (κ2) is 8.03. The molecule has 1 aliphatic heterocycles. The maximum atomic E-state index is 12.8. The maximum Gasteiger partial charge on any atom is 0.249 e. The Bertz CT molecular complexity index is 1020. The molecule has 0 radical (unpaired) electrons. The average Bonchev–Trinajstić information content (AvgIpc) is 2.67. The van der Waals surface area contributed by atoms with Crippen LogP contribution in [0.1, 0.15) is 32.8 Å². The number of nitrogens with one attached hydrogen (secondary N) is 1. The number of likely N-dealkylation sites (N-methyl/N-ethyl adjacent to an activating group) is 1. The van der Waals surface area contributed by atoms with E-state index in [1.807, 2.05) is 25.7 Å². The normalized spacial score (nSPS) is 17.0. The molecule has 0 saturated heterocycles. The van der Waals surface area contributed by atoms with E-state index < -0.39 is 10.0 Å². The number of aromatic nitrogens is 3. The molecule has 1 atom stereocenters. The van der Waals surface area contributed by atoms with Gasteiger partial charge in [-0.2, -0.15) is 0 Å². The van der Waals surface area contributed by atoms with E-state index in [-0.39, 0.29) is 24.5 Å². The highest BCUT2D eigenvalue weighted by molar-refractivity contribution is 7.88. The molecule has 0 spiro atoms. The van der Waals surface area contributed by atoms with Crippen molar-refractivity contribution < 1.29 is 13.2 Å². The van der Waals surface area contributed by atoms with E-state index in [0.717, 1.165) is 6.26 Å². The van der Waals surface area contributed by atoms with Gasteiger partial charge in [0.25, 0.3) is 0 Å². The Morgan fingerprint density at radius 1 is 1.28 bits per heavy atom. The summed E-state index contributed by atoms with van der Waals surface area (Å²) < 4.78 is 25.5. The van der Waals surface area contributed by atoms with Gasteiger partial charge < -0.3 is 9.80 Å². The first kappa shape index (κ1) is 21.1. The standard InChI is InChI=1S/C19H26N6O3S/c1-6-15-19(26)24(4)16-11-21-17(23-18(16)25(15)12(2)3)14-7-8-20-9-13(14)10-22-29(5,27)28/h7-9,11-12,15,22H,6,10H2,1-5H3. The summed E-state index contributed by atoms with van der Waals surface area (Å²) in [4.78, 5) is 29.8. The van der Waals surface area contributed by atoms with Gasteiger partial charge in [0.1, 0.15) is 11.7 Å². The van der Waals surface area contributed by atoms with Crippen LogP contribution in [0.2, 0.25) is 0 Å². The highest BCUT2D eigenvalue weighted by Gasteiger charge is 2.38. The van der Waals surface area contributed by atoms with Gasteiger partial charge in [0.05, 0.1) is 12.5 Å². The highest BCUT2D eigenvalue weighted by atomic mass is 32.2. The molecule has 0 aromatic carbocycles. The maximum absolute atomic E-state index is 12.8. The Morgan fingerprint density at radius 2 is 2.00 bits per heavy atom. The predicted molar refractivity (Wildman–Crippen MR) is 112 cm³/mol. The Kier molecular flexibility index (Phi) is 5.85. The summed E-state index contributed by atoms with van der Waals surface area (Å²) >= 11 is 0. The lowest BCUT2D eigenvalue weighted by Crippen LogP contribution is -2.54. The van der Waals surface area contributed by atoms with Crippen molar-refractivity contribution >= 4 is 27.4 Å². The Morgan fingerprint density at radius 3 is 2.62 bits per heavy atom. The van der Waals surface area contributed by atoms with Crippen LogP contribution in [-0.2, 0) is 21.4 Å². The van der Waals surface area contributed by atoms with Crippen LogP contribution in [0.3, 0.4) is 0 Å². The minimum absolute atomic E-state index is 0.0204. The SMILES string of the molecule is CCC1C(=O)N(C)c2cnc(-c3ccncc3CNS(C)(=O)=O)nc2N1C(C)C. The molecule has 3 heterocycles. The first-order chi connectivity index (χ1) is 13.6. The second-order valence-electron chi connectivity index (χ2n) is 7.35. The summed E-state index contributed by atoms with van der Waals surface area (Å²) in [7, 11) is -1.62. The molecule has 2 aromatic rings. The summed E-state index contributed by atoms with van der Waals surface area (Å²) in [6.45, 7) is 6.13. The summed E-state index contributed by atoms with van der Waals surface area (Å²) in [5.74, 6) is 1.17. The van der Waals surface area contributed by atoms with Crippen LogP contribution in [0, 0.1) is 0 Å². The number of carbonyl (C=O) groups is 1. The number of nitrogens with zero attached hydrogens (tertiary/aromatic N) is 5. The smallest absolute Gasteiger partial charge is 0.249 e. The van der Waals surface area contributed by atoms with Gasteiger partial charge in [0.2, 0.25) is 15.9 Å². The van der Waals surface area contributed by atoms with Crippen molar-refractivity contribution in [2.45, 2.75) is 45.8 Å². The zero-order valence-electron chi connectivity index (χ0n) is 17.2. The lowest BCUT2D eigenvalue weighted by molar-refractivity contribution is -0.120. The van der Waals surface area contributed by atoms with E-state index in [0.29, 0.717) is 34.9 Å². The van der Waals surface area contributed by atoms with Gasteiger partial charge in [0.15, 0.2) is 11.6 Å². The number of sulfonamides is 1. The van der Waals surface area contributed by atoms with Crippen molar-refractivity contribution in [1.82, 2.24) is 19.7 Å². The first-order valence-corrected chi connectivity index (χ1v) is 11.3. The predicted octanol–water partition coefficient (Wildman–Crippen LogP) is 1.56. The molecule has 0 bridgehead atoms. The zero-order chi connectivity index (χ0) is 21.3. The minimum atomic E-state index is -3.35. The van der Waals surface area contributed by atoms with Crippen LogP contribution in [0.25, 0.3) is 11.4 Å². The second-order valence-corrected chi connectivity index (χ2v) is 9.18.